The molecule has 0 aromatic heterocycles. The van der Waals surface area contributed by atoms with Gasteiger partial charge in [0, 0.05) is 25.6 Å². The van der Waals surface area contributed by atoms with Crippen LogP contribution in [0.4, 0.5) is 0 Å². The number of carbonyl (C=O) groups is 1. The average molecular weight is 254 g/mol. The fraction of sp³-hybridized carbons (Fsp3) is 0.929. The molecule has 104 valence electrons. The molecule has 1 saturated carbocycles. The van der Waals surface area contributed by atoms with Crippen molar-refractivity contribution in [2.24, 2.45) is 11.7 Å². The van der Waals surface area contributed by atoms with Gasteiger partial charge in [0.2, 0.25) is 5.91 Å². The zero-order valence-electron chi connectivity index (χ0n) is 11.7. The molecule has 1 unspecified atom stereocenters. The summed E-state index contributed by atoms with van der Waals surface area (Å²) < 4.78 is 5.87. The molecule has 1 atom stereocenters. The van der Waals surface area contributed by atoms with Crippen molar-refractivity contribution < 1.29 is 9.53 Å². The Morgan fingerprint density at radius 2 is 2.00 bits per heavy atom. The standard InChI is InChI=1S/C14H26N2O2/c1-14(2)10-16(9-12(8-15)18-14)13(17)11-6-4-3-5-7-11/h11-12H,3-10,15H2,1-2H3. The molecule has 1 heterocycles. The second-order valence-corrected chi connectivity index (χ2v) is 6.29. The molecule has 18 heavy (non-hydrogen) atoms. The highest BCUT2D eigenvalue weighted by Gasteiger charge is 2.37. The lowest BCUT2D eigenvalue weighted by Crippen LogP contribution is -2.57. The van der Waals surface area contributed by atoms with Gasteiger partial charge < -0.3 is 15.4 Å². The van der Waals surface area contributed by atoms with Gasteiger partial charge in [-0.15, -0.1) is 0 Å². The highest BCUT2D eigenvalue weighted by Crippen LogP contribution is 2.28. The largest absolute Gasteiger partial charge is 0.367 e. The summed E-state index contributed by atoms with van der Waals surface area (Å²) in [4.78, 5) is 14.5. The number of nitrogens with zero attached hydrogens (tertiary/aromatic N) is 1. The highest BCUT2D eigenvalue weighted by atomic mass is 16.5. The molecule has 0 aromatic rings. The summed E-state index contributed by atoms with van der Waals surface area (Å²) in [5.74, 6) is 0.565. The summed E-state index contributed by atoms with van der Waals surface area (Å²) in [6.07, 6.45) is 5.79. The molecule has 2 fully saturated rings. The summed E-state index contributed by atoms with van der Waals surface area (Å²) in [5, 5.41) is 0. The van der Waals surface area contributed by atoms with Crippen molar-refractivity contribution in [1.29, 1.82) is 0 Å². The van der Waals surface area contributed by atoms with Crippen LogP contribution in [0.25, 0.3) is 0 Å². The van der Waals surface area contributed by atoms with Gasteiger partial charge >= 0.3 is 0 Å². The third kappa shape index (κ3) is 3.23. The van der Waals surface area contributed by atoms with E-state index in [2.05, 4.69) is 0 Å². The number of amides is 1. The number of carbonyl (C=O) groups excluding carboxylic acids is 1. The smallest absolute Gasteiger partial charge is 0.225 e. The minimum Gasteiger partial charge on any atom is -0.367 e. The quantitative estimate of drug-likeness (QED) is 0.813. The van der Waals surface area contributed by atoms with E-state index < -0.39 is 0 Å². The summed E-state index contributed by atoms with van der Waals surface area (Å²) in [7, 11) is 0. The van der Waals surface area contributed by atoms with Crippen LogP contribution in [-0.2, 0) is 9.53 Å². The molecule has 0 bridgehead atoms. The molecule has 1 amide bonds. The van der Waals surface area contributed by atoms with Gasteiger partial charge in [-0.05, 0) is 26.7 Å². The Hall–Kier alpha value is -0.610. The molecule has 0 radical (unpaired) electrons. The molecule has 2 rings (SSSR count). The molecule has 0 spiro atoms. The third-order valence-electron chi connectivity index (χ3n) is 4.01. The van der Waals surface area contributed by atoms with Crippen LogP contribution in [0.2, 0.25) is 0 Å². The van der Waals surface area contributed by atoms with Crippen molar-refractivity contribution in [3.05, 3.63) is 0 Å². The Kier molecular flexibility index (Phi) is 4.28. The minimum atomic E-state index is -0.271. The Morgan fingerprint density at radius 3 is 2.61 bits per heavy atom. The molecule has 1 saturated heterocycles. The molecule has 4 heteroatoms. The minimum absolute atomic E-state index is 0.0127. The van der Waals surface area contributed by atoms with Crippen molar-refractivity contribution in [2.45, 2.75) is 57.7 Å². The van der Waals surface area contributed by atoms with Crippen LogP contribution in [0.3, 0.4) is 0 Å². The Labute approximate surface area is 110 Å². The number of morpholine rings is 1. The van der Waals surface area contributed by atoms with E-state index in [1.165, 1.54) is 19.3 Å². The normalized spacial score (nSPS) is 29.3. The van der Waals surface area contributed by atoms with Crippen LogP contribution >= 0.6 is 0 Å². The van der Waals surface area contributed by atoms with E-state index in [1.807, 2.05) is 18.7 Å². The predicted molar refractivity (Wildman–Crippen MR) is 71.2 cm³/mol. The maximum Gasteiger partial charge on any atom is 0.225 e. The molecular weight excluding hydrogens is 228 g/mol. The summed E-state index contributed by atoms with van der Waals surface area (Å²) in [5.41, 5.74) is 5.43. The van der Waals surface area contributed by atoms with Gasteiger partial charge in [-0.1, -0.05) is 19.3 Å². The van der Waals surface area contributed by atoms with Crippen LogP contribution in [0, 0.1) is 5.92 Å². The Balaban J connectivity index is 1.99. The number of hydrogen-bond donors (Lipinski definition) is 1. The lowest BCUT2D eigenvalue weighted by molar-refractivity contribution is -0.163. The fourth-order valence-corrected chi connectivity index (χ4v) is 3.19. The lowest BCUT2D eigenvalue weighted by Gasteiger charge is -2.43. The van der Waals surface area contributed by atoms with Gasteiger partial charge in [0.05, 0.1) is 11.7 Å². The summed E-state index contributed by atoms with van der Waals surface area (Å²) in [6, 6.07) is 0. The predicted octanol–water partition coefficient (Wildman–Crippen LogP) is 1.53. The number of rotatable bonds is 2. The van der Waals surface area contributed by atoms with E-state index >= 15 is 0 Å². The number of hydrogen-bond acceptors (Lipinski definition) is 3. The lowest BCUT2D eigenvalue weighted by atomic mass is 9.87. The van der Waals surface area contributed by atoms with Crippen LogP contribution in [0.1, 0.15) is 46.0 Å². The van der Waals surface area contributed by atoms with E-state index in [1.54, 1.807) is 0 Å². The van der Waals surface area contributed by atoms with Crippen molar-refractivity contribution >= 4 is 5.91 Å². The number of nitrogens with two attached hydrogens (primary N) is 1. The van der Waals surface area contributed by atoms with Gasteiger partial charge in [0.15, 0.2) is 0 Å². The van der Waals surface area contributed by atoms with Crippen molar-refractivity contribution in [3.63, 3.8) is 0 Å². The third-order valence-corrected chi connectivity index (χ3v) is 4.01. The van der Waals surface area contributed by atoms with Crippen LogP contribution in [0.15, 0.2) is 0 Å². The molecule has 2 aliphatic rings. The molecular formula is C14H26N2O2. The second-order valence-electron chi connectivity index (χ2n) is 6.29. The fourth-order valence-electron chi connectivity index (χ4n) is 3.19. The van der Waals surface area contributed by atoms with E-state index in [-0.39, 0.29) is 17.6 Å². The molecule has 0 aromatic carbocycles. The van der Waals surface area contributed by atoms with Crippen molar-refractivity contribution in [2.75, 3.05) is 19.6 Å². The van der Waals surface area contributed by atoms with E-state index in [0.717, 1.165) is 12.8 Å². The monoisotopic (exact) mass is 254 g/mol. The van der Waals surface area contributed by atoms with Crippen molar-refractivity contribution in [1.82, 2.24) is 4.90 Å². The first-order chi connectivity index (χ1) is 8.52. The molecule has 1 aliphatic heterocycles. The van der Waals surface area contributed by atoms with Gasteiger partial charge in [0.1, 0.15) is 0 Å². The summed E-state index contributed by atoms with van der Waals surface area (Å²) in [6.45, 7) is 5.91. The van der Waals surface area contributed by atoms with Crippen LogP contribution in [-0.4, -0.2) is 42.1 Å². The number of ether oxygens (including phenoxy) is 1. The van der Waals surface area contributed by atoms with E-state index in [9.17, 15) is 4.79 Å². The Bertz CT molecular complexity index is 298. The zero-order valence-corrected chi connectivity index (χ0v) is 11.7. The van der Waals surface area contributed by atoms with Crippen LogP contribution < -0.4 is 5.73 Å². The summed E-state index contributed by atoms with van der Waals surface area (Å²) >= 11 is 0. The first-order valence-electron chi connectivity index (χ1n) is 7.18. The zero-order chi connectivity index (χ0) is 13.2. The maximum atomic E-state index is 12.5. The molecule has 1 aliphatic carbocycles. The topological polar surface area (TPSA) is 55.6 Å². The Morgan fingerprint density at radius 1 is 1.33 bits per heavy atom. The molecule has 4 nitrogen and oxygen atoms in total. The van der Waals surface area contributed by atoms with Crippen molar-refractivity contribution in [3.8, 4) is 0 Å². The van der Waals surface area contributed by atoms with E-state index in [4.69, 9.17) is 10.5 Å². The van der Waals surface area contributed by atoms with Crippen LogP contribution in [0.5, 0.6) is 0 Å². The maximum absolute atomic E-state index is 12.5. The first-order valence-corrected chi connectivity index (χ1v) is 7.18. The first kappa shape index (κ1) is 13.8. The second kappa shape index (κ2) is 5.57. The van der Waals surface area contributed by atoms with Gasteiger partial charge in [-0.2, -0.15) is 0 Å². The van der Waals surface area contributed by atoms with Gasteiger partial charge in [-0.3, -0.25) is 4.79 Å². The SMILES string of the molecule is CC1(C)CN(C(=O)C2CCCCC2)CC(CN)O1. The average Bonchev–Trinajstić information content (AvgIpc) is 2.37. The molecule has 2 N–H and O–H groups in total. The van der Waals surface area contributed by atoms with Gasteiger partial charge in [0.25, 0.3) is 0 Å². The highest BCUT2D eigenvalue weighted by molar-refractivity contribution is 5.79. The van der Waals surface area contributed by atoms with Gasteiger partial charge in [-0.25, -0.2) is 0 Å². The van der Waals surface area contributed by atoms with E-state index in [0.29, 0.717) is 25.5 Å².